The molecule has 0 aliphatic carbocycles. The second-order valence-corrected chi connectivity index (χ2v) is 9.53. The Morgan fingerprint density at radius 1 is 1.07 bits per heavy atom. The van der Waals surface area contributed by atoms with Crippen molar-refractivity contribution in [3.05, 3.63) is 72.3 Å². The Morgan fingerprint density at radius 3 is 2.57 bits per heavy atom. The van der Waals surface area contributed by atoms with E-state index >= 15 is 0 Å². The summed E-state index contributed by atoms with van der Waals surface area (Å²) in [5, 5.41) is 8.40. The molecule has 0 amide bonds. The monoisotopic (exact) mass is 426 g/mol. The average molecular weight is 427 g/mol. The summed E-state index contributed by atoms with van der Waals surface area (Å²) in [6, 6.07) is 16.9. The van der Waals surface area contributed by atoms with Crippen molar-refractivity contribution in [1.29, 1.82) is 0 Å². The Balaban J connectivity index is 1.38. The zero-order valence-electron chi connectivity index (χ0n) is 17.0. The van der Waals surface area contributed by atoms with E-state index in [0.717, 1.165) is 31.6 Å². The number of benzene rings is 2. The molecule has 3 aromatic rings. The molecule has 0 spiro atoms. The van der Waals surface area contributed by atoms with Gasteiger partial charge in [-0.15, -0.1) is 10.2 Å². The van der Waals surface area contributed by atoms with Gasteiger partial charge in [-0.25, -0.2) is 8.42 Å². The maximum atomic E-state index is 13.0. The molecule has 0 unspecified atom stereocenters. The van der Waals surface area contributed by atoms with Gasteiger partial charge >= 0.3 is 0 Å². The van der Waals surface area contributed by atoms with Crippen LogP contribution < -0.4 is 4.74 Å². The Bertz CT molecular complexity index is 1070. The topological polar surface area (TPSA) is 77.3 Å². The molecule has 1 aliphatic heterocycles. The Kier molecular flexibility index (Phi) is 6.15. The largest absolute Gasteiger partial charge is 0.497 e. The Morgan fingerprint density at radius 2 is 1.83 bits per heavy atom. The van der Waals surface area contributed by atoms with Crippen molar-refractivity contribution in [3.63, 3.8) is 0 Å². The van der Waals surface area contributed by atoms with E-state index in [0.29, 0.717) is 24.8 Å². The van der Waals surface area contributed by atoms with E-state index in [1.54, 1.807) is 34.9 Å². The summed E-state index contributed by atoms with van der Waals surface area (Å²) in [7, 11) is -1.97. The molecule has 1 saturated heterocycles. The second-order valence-electron chi connectivity index (χ2n) is 7.59. The highest BCUT2D eigenvalue weighted by molar-refractivity contribution is 7.89. The number of sulfonamides is 1. The maximum Gasteiger partial charge on any atom is 0.243 e. The first kappa shape index (κ1) is 20.6. The normalized spacial score (nSPS) is 15.9. The molecule has 1 fully saturated rings. The highest BCUT2D eigenvalue weighted by Gasteiger charge is 2.30. The molecule has 0 saturated carbocycles. The fraction of sp³-hybridized carbons (Fsp3) is 0.364. The molecule has 1 aromatic heterocycles. The van der Waals surface area contributed by atoms with Gasteiger partial charge in [-0.05, 0) is 36.5 Å². The van der Waals surface area contributed by atoms with Gasteiger partial charge < -0.3 is 9.30 Å². The third kappa shape index (κ3) is 4.55. The van der Waals surface area contributed by atoms with E-state index in [2.05, 4.69) is 26.9 Å². The third-order valence-corrected chi connectivity index (χ3v) is 7.51. The lowest BCUT2D eigenvalue weighted by Gasteiger charge is -2.31. The highest BCUT2D eigenvalue weighted by Crippen LogP contribution is 2.27. The van der Waals surface area contributed by atoms with Crippen LogP contribution in [0.15, 0.2) is 65.8 Å². The molecule has 7 nitrogen and oxygen atoms in total. The van der Waals surface area contributed by atoms with Crippen molar-refractivity contribution < 1.29 is 13.2 Å². The lowest BCUT2D eigenvalue weighted by atomic mass is 9.94. The van der Waals surface area contributed by atoms with Crippen molar-refractivity contribution in [2.45, 2.75) is 30.7 Å². The van der Waals surface area contributed by atoms with Crippen LogP contribution in [0.25, 0.3) is 0 Å². The van der Waals surface area contributed by atoms with Crippen molar-refractivity contribution >= 4 is 10.0 Å². The van der Waals surface area contributed by atoms with Crippen LogP contribution in [0, 0.1) is 5.92 Å². The van der Waals surface area contributed by atoms with Gasteiger partial charge in [0.25, 0.3) is 0 Å². The molecule has 2 heterocycles. The fourth-order valence-electron chi connectivity index (χ4n) is 3.87. The molecule has 8 heteroatoms. The van der Waals surface area contributed by atoms with E-state index in [9.17, 15) is 8.42 Å². The highest BCUT2D eigenvalue weighted by atomic mass is 32.2. The summed E-state index contributed by atoms with van der Waals surface area (Å²) in [5.74, 6) is 1.89. The number of methoxy groups -OCH3 is 1. The van der Waals surface area contributed by atoms with Crippen LogP contribution in [0.5, 0.6) is 5.75 Å². The lowest BCUT2D eigenvalue weighted by molar-refractivity contribution is 0.269. The van der Waals surface area contributed by atoms with Gasteiger partial charge in [-0.2, -0.15) is 4.31 Å². The van der Waals surface area contributed by atoms with Gasteiger partial charge in [-0.3, -0.25) is 0 Å². The standard InChI is InChI=1S/C22H26N4O3S/c1-29-20-8-5-9-21(15-20)30(27,28)26-12-10-18(11-13-26)14-22-24-23-17-25(22)16-19-6-3-2-4-7-19/h2-9,15,17-18H,10-14,16H2,1H3. The van der Waals surface area contributed by atoms with Crippen molar-refractivity contribution in [1.82, 2.24) is 19.1 Å². The van der Waals surface area contributed by atoms with Gasteiger partial charge in [0.1, 0.15) is 17.9 Å². The van der Waals surface area contributed by atoms with Crippen molar-refractivity contribution in [2.24, 2.45) is 5.92 Å². The number of piperidine rings is 1. The van der Waals surface area contributed by atoms with Crippen LogP contribution in [0.1, 0.15) is 24.2 Å². The summed E-state index contributed by atoms with van der Waals surface area (Å²) in [5.41, 5.74) is 1.21. The van der Waals surface area contributed by atoms with Crippen LogP contribution in [-0.2, 0) is 23.0 Å². The second kappa shape index (κ2) is 8.97. The molecule has 0 atom stereocenters. The molecule has 0 N–H and O–H groups in total. The number of rotatable bonds is 7. The van der Waals surface area contributed by atoms with Crippen LogP contribution in [-0.4, -0.2) is 47.7 Å². The van der Waals surface area contributed by atoms with Crippen LogP contribution in [0.4, 0.5) is 0 Å². The van der Waals surface area contributed by atoms with Gasteiger partial charge in [0.15, 0.2) is 0 Å². The van der Waals surface area contributed by atoms with Gasteiger partial charge in [0.05, 0.1) is 18.6 Å². The summed E-state index contributed by atoms with van der Waals surface area (Å²) in [4.78, 5) is 0.280. The van der Waals surface area contributed by atoms with E-state index in [1.165, 1.54) is 12.7 Å². The first-order chi connectivity index (χ1) is 14.6. The SMILES string of the molecule is COc1cccc(S(=O)(=O)N2CCC(Cc3nncn3Cc3ccccc3)CC2)c1. The molecule has 1 aliphatic rings. The molecule has 2 aromatic carbocycles. The minimum Gasteiger partial charge on any atom is -0.497 e. The predicted molar refractivity (Wildman–Crippen MR) is 114 cm³/mol. The number of ether oxygens (including phenoxy) is 1. The summed E-state index contributed by atoms with van der Waals surface area (Å²) >= 11 is 0. The average Bonchev–Trinajstić information content (AvgIpc) is 3.21. The van der Waals surface area contributed by atoms with E-state index < -0.39 is 10.0 Å². The van der Waals surface area contributed by atoms with Crippen LogP contribution in [0.2, 0.25) is 0 Å². The van der Waals surface area contributed by atoms with Crippen LogP contribution >= 0.6 is 0 Å². The molecule has 158 valence electrons. The zero-order valence-corrected chi connectivity index (χ0v) is 17.8. The van der Waals surface area contributed by atoms with Gasteiger partial charge in [0.2, 0.25) is 10.0 Å². The molecular weight excluding hydrogens is 400 g/mol. The van der Waals surface area contributed by atoms with Gasteiger partial charge in [-0.1, -0.05) is 36.4 Å². The van der Waals surface area contributed by atoms with Crippen LogP contribution in [0.3, 0.4) is 0 Å². The van der Waals surface area contributed by atoms with E-state index in [1.807, 2.05) is 18.2 Å². The molecule has 4 rings (SSSR count). The fourth-order valence-corrected chi connectivity index (χ4v) is 5.38. The van der Waals surface area contributed by atoms with Gasteiger partial charge in [0, 0.05) is 25.6 Å². The van der Waals surface area contributed by atoms with E-state index in [4.69, 9.17) is 4.74 Å². The number of nitrogens with zero attached hydrogens (tertiary/aromatic N) is 4. The van der Waals surface area contributed by atoms with Crippen molar-refractivity contribution in [3.8, 4) is 5.75 Å². The Hall–Kier alpha value is -2.71. The van der Waals surface area contributed by atoms with Crippen molar-refractivity contribution in [2.75, 3.05) is 20.2 Å². The predicted octanol–water partition coefficient (Wildman–Crippen LogP) is 2.98. The summed E-state index contributed by atoms with van der Waals surface area (Å²) in [6.45, 7) is 1.76. The Labute approximate surface area is 177 Å². The lowest BCUT2D eigenvalue weighted by Crippen LogP contribution is -2.39. The minimum atomic E-state index is -3.51. The first-order valence-electron chi connectivity index (χ1n) is 10.1. The summed E-state index contributed by atoms with van der Waals surface area (Å²) in [6.07, 6.45) is 4.19. The quantitative estimate of drug-likeness (QED) is 0.580. The van der Waals surface area contributed by atoms with E-state index in [-0.39, 0.29) is 4.90 Å². The smallest absolute Gasteiger partial charge is 0.243 e. The first-order valence-corrected chi connectivity index (χ1v) is 11.5. The third-order valence-electron chi connectivity index (χ3n) is 5.62. The number of aromatic nitrogens is 3. The minimum absolute atomic E-state index is 0.280. The zero-order chi connectivity index (χ0) is 21.0. The number of hydrogen-bond donors (Lipinski definition) is 0. The molecule has 0 radical (unpaired) electrons. The maximum absolute atomic E-state index is 13.0. The molecular formula is C22H26N4O3S. The molecule has 30 heavy (non-hydrogen) atoms. The molecule has 0 bridgehead atoms. The number of hydrogen-bond acceptors (Lipinski definition) is 5. The summed E-state index contributed by atoms with van der Waals surface area (Å²) < 4.78 is 34.8.